The van der Waals surface area contributed by atoms with Gasteiger partial charge >= 0.3 is 0 Å². The lowest BCUT2D eigenvalue weighted by molar-refractivity contribution is -0.142. The van der Waals surface area contributed by atoms with Crippen molar-refractivity contribution in [1.82, 2.24) is 0 Å². The van der Waals surface area contributed by atoms with Crippen molar-refractivity contribution in [2.24, 2.45) is 58.2 Å². The number of aliphatic hydroxyl groups excluding tert-OH is 1. The van der Waals surface area contributed by atoms with Gasteiger partial charge in [-0.05, 0) is 104 Å². The second-order valence-corrected chi connectivity index (χ2v) is 13.1. The molecule has 0 aliphatic heterocycles. The number of hydrogen-bond donors (Lipinski definition) is 1. The standard InChI is InChI=1S/C30H47NO/c1-20(2)8-6-9-21(3)24-13-14-25-22-11-12-26-23(10-7-19-31)28(32)16-18-30(26,5)27(22)15-17-29(24,25)4/h20-28,32H,6,8-9,11-18H2,1-5H3/t21-,22+,23+,24-,25+,26+,27+,28+,29-,30+/m1/s1. The van der Waals surface area contributed by atoms with Crippen LogP contribution in [0.3, 0.4) is 0 Å². The van der Waals surface area contributed by atoms with E-state index in [1.807, 2.05) is 6.07 Å². The van der Waals surface area contributed by atoms with Crippen LogP contribution in [0.4, 0.5) is 0 Å². The second kappa shape index (κ2) is 9.34. The molecule has 4 aliphatic carbocycles. The molecule has 0 aromatic carbocycles. The molecule has 10 atom stereocenters. The van der Waals surface area contributed by atoms with Gasteiger partial charge in [0, 0.05) is 5.92 Å². The maximum Gasteiger partial charge on any atom is 0.152 e. The number of nitrogens with zero attached hydrogens (tertiary/aromatic N) is 1. The summed E-state index contributed by atoms with van der Waals surface area (Å²) < 4.78 is 0. The van der Waals surface area contributed by atoms with Crippen molar-refractivity contribution in [3.8, 4) is 17.9 Å². The Kier molecular flexibility index (Phi) is 7.04. The number of nitriles is 1. The molecule has 32 heavy (non-hydrogen) atoms. The van der Waals surface area contributed by atoms with Gasteiger partial charge in [0.2, 0.25) is 0 Å². The number of aliphatic hydroxyl groups is 1. The van der Waals surface area contributed by atoms with Gasteiger partial charge in [-0.3, -0.25) is 0 Å². The van der Waals surface area contributed by atoms with Crippen LogP contribution in [0, 0.1) is 81.3 Å². The Morgan fingerprint density at radius 1 is 0.875 bits per heavy atom. The lowest BCUT2D eigenvalue weighted by Crippen LogP contribution is -2.56. The fourth-order valence-corrected chi connectivity index (χ4v) is 9.69. The summed E-state index contributed by atoms with van der Waals surface area (Å²) in [5.74, 6) is 11.4. The van der Waals surface area contributed by atoms with Crippen LogP contribution in [0.5, 0.6) is 0 Å². The maximum absolute atomic E-state index is 10.7. The van der Waals surface area contributed by atoms with Gasteiger partial charge in [0.25, 0.3) is 0 Å². The molecular formula is C30H47NO. The smallest absolute Gasteiger partial charge is 0.152 e. The van der Waals surface area contributed by atoms with Crippen LogP contribution in [0.1, 0.15) is 105 Å². The molecule has 178 valence electrons. The molecule has 2 nitrogen and oxygen atoms in total. The van der Waals surface area contributed by atoms with Gasteiger partial charge in [-0.1, -0.05) is 59.8 Å². The van der Waals surface area contributed by atoms with Crippen molar-refractivity contribution in [1.29, 1.82) is 5.26 Å². The molecule has 2 heteroatoms. The molecule has 0 saturated heterocycles. The number of rotatable bonds is 5. The Labute approximate surface area is 197 Å². The van der Waals surface area contributed by atoms with Crippen LogP contribution in [-0.4, -0.2) is 11.2 Å². The van der Waals surface area contributed by atoms with Crippen molar-refractivity contribution in [3.05, 3.63) is 0 Å². The van der Waals surface area contributed by atoms with E-state index in [4.69, 9.17) is 5.26 Å². The topological polar surface area (TPSA) is 44.0 Å². The molecule has 0 heterocycles. The van der Waals surface area contributed by atoms with E-state index < -0.39 is 0 Å². The van der Waals surface area contributed by atoms with E-state index in [1.54, 1.807) is 0 Å². The van der Waals surface area contributed by atoms with Crippen LogP contribution in [-0.2, 0) is 0 Å². The predicted octanol–water partition coefficient (Wildman–Crippen LogP) is 7.22. The van der Waals surface area contributed by atoms with Crippen molar-refractivity contribution >= 4 is 0 Å². The molecule has 1 N–H and O–H groups in total. The molecule has 0 aromatic heterocycles. The van der Waals surface area contributed by atoms with Crippen molar-refractivity contribution < 1.29 is 5.11 Å². The molecule has 0 aromatic rings. The van der Waals surface area contributed by atoms with Crippen LogP contribution in [0.25, 0.3) is 0 Å². The van der Waals surface area contributed by atoms with Gasteiger partial charge in [0.15, 0.2) is 6.07 Å². The fraction of sp³-hybridized carbons (Fsp3) is 0.900. The van der Waals surface area contributed by atoms with Gasteiger partial charge in [0.1, 0.15) is 0 Å². The highest BCUT2D eigenvalue weighted by atomic mass is 16.3. The fourth-order valence-electron chi connectivity index (χ4n) is 9.69. The predicted molar refractivity (Wildman–Crippen MR) is 131 cm³/mol. The molecule has 4 fully saturated rings. The first-order valence-corrected chi connectivity index (χ1v) is 13.8. The lowest BCUT2D eigenvalue weighted by atomic mass is 9.43. The Balaban J connectivity index is 1.50. The van der Waals surface area contributed by atoms with Crippen molar-refractivity contribution in [2.45, 2.75) is 111 Å². The molecule has 0 spiro atoms. The molecule has 0 amide bonds. The molecular weight excluding hydrogens is 390 g/mol. The Morgan fingerprint density at radius 3 is 2.28 bits per heavy atom. The average molecular weight is 438 g/mol. The zero-order valence-electron chi connectivity index (χ0n) is 21.4. The van der Waals surface area contributed by atoms with E-state index in [2.05, 4.69) is 46.5 Å². The number of fused-ring (bicyclic) bond motifs is 5. The minimum atomic E-state index is -0.345. The third-order valence-electron chi connectivity index (χ3n) is 11.3. The lowest BCUT2D eigenvalue weighted by Gasteiger charge is -2.62. The Hall–Kier alpha value is -0.990. The third-order valence-corrected chi connectivity index (χ3v) is 11.3. The monoisotopic (exact) mass is 437 g/mol. The quantitative estimate of drug-likeness (QED) is 0.461. The van der Waals surface area contributed by atoms with E-state index in [-0.39, 0.29) is 12.0 Å². The molecule has 4 aliphatic rings. The molecule has 0 unspecified atom stereocenters. The number of hydrogen-bond acceptors (Lipinski definition) is 2. The zero-order chi connectivity index (χ0) is 23.1. The molecule has 0 bridgehead atoms. The van der Waals surface area contributed by atoms with Crippen LogP contribution in [0.15, 0.2) is 0 Å². The first-order valence-electron chi connectivity index (χ1n) is 13.8. The summed E-state index contributed by atoms with van der Waals surface area (Å²) in [5, 5.41) is 19.7. The summed E-state index contributed by atoms with van der Waals surface area (Å²) in [6.45, 7) is 12.5. The van der Waals surface area contributed by atoms with E-state index in [1.165, 1.54) is 57.8 Å². The summed E-state index contributed by atoms with van der Waals surface area (Å²) in [4.78, 5) is 0. The van der Waals surface area contributed by atoms with E-state index in [0.717, 1.165) is 48.3 Å². The SMILES string of the molecule is CC(C)CCC[C@@H](C)[C@H]1CC[C@H]2[C@@H]3CC[C@H]4[C@H](C#CC#N)[C@@H](O)CC[C@]4(C)[C@H]3CC[C@]12C. The summed E-state index contributed by atoms with van der Waals surface area (Å²) in [5.41, 5.74) is 0.828. The molecule has 4 rings (SSSR count). The van der Waals surface area contributed by atoms with E-state index in [9.17, 15) is 5.11 Å². The highest BCUT2D eigenvalue weighted by Gasteiger charge is 2.61. The van der Waals surface area contributed by atoms with Gasteiger partial charge in [-0.2, -0.15) is 5.26 Å². The normalized spacial score (nSPS) is 46.2. The highest BCUT2D eigenvalue weighted by molar-refractivity contribution is 5.23. The van der Waals surface area contributed by atoms with Crippen LogP contribution in [0.2, 0.25) is 0 Å². The van der Waals surface area contributed by atoms with Crippen LogP contribution < -0.4 is 0 Å². The Morgan fingerprint density at radius 2 is 1.56 bits per heavy atom. The highest BCUT2D eigenvalue weighted by Crippen LogP contribution is 2.68. The summed E-state index contributed by atoms with van der Waals surface area (Å²) >= 11 is 0. The third kappa shape index (κ3) is 4.05. The summed E-state index contributed by atoms with van der Waals surface area (Å²) in [7, 11) is 0. The minimum Gasteiger partial charge on any atom is -0.392 e. The van der Waals surface area contributed by atoms with Crippen molar-refractivity contribution in [3.63, 3.8) is 0 Å². The summed E-state index contributed by atoms with van der Waals surface area (Å²) in [6.07, 6.45) is 14.0. The molecule has 0 radical (unpaired) electrons. The second-order valence-electron chi connectivity index (χ2n) is 13.1. The first-order chi connectivity index (χ1) is 15.2. The zero-order valence-corrected chi connectivity index (χ0v) is 21.4. The first kappa shape index (κ1) is 24.1. The van der Waals surface area contributed by atoms with Gasteiger partial charge < -0.3 is 5.11 Å². The Bertz CT molecular complexity index is 770. The van der Waals surface area contributed by atoms with Gasteiger partial charge in [-0.25, -0.2) is 0 Å². The van der Waals surface area contributed by atoms with E-state index >= 15 is 0 Å². The average Bonchev–Trinajstić information content (AvgIpc) is 3.10. The van der Waals surface area contributed by atoms with Gasteiger partial charge in [-0.15, -0.1) is 0 Å². The molecule has 4 saturated carbocycles. The van der Waals surface area contributed by atoms with Crippen LogP contribution >= 0.6 is 0 Å². The minimum absolute atomic E-state index is 0.0000313. The van der Waals surface area contributed by atoms with Crippen molar-refractivity contribution in [2.75, 3.05) is 0 Å². The summed E-state index contributed by atoms with van der Waals surface area (Å²) in [6, 6.07) is 2.00. The largest absolute Gasteiger partial charge is 0.392 e. The maximum atomic E-state index is 10.7. The van der Waals surface area contributed by atoms with E-state index in [0.29, 0.717) is 16.7 Å². The van der Waals surface area contributed by atoms with Gasteiger partial charge in [0.05, 0.1) is 12.0 Å².